The fourth-order valence-corrected chi connectivity index (χ4v) is 5.63. The lowest BCUT2D eigenvalue weighted by Crippen LogP contribution is -2.15. The summed E-state index contributed by atoms with van der Waals surface area (Å²) in [5, 5.41) is 4.24. The van der Waals surface area contributed by atoms with Crippen molar-refractivity contribution in [1.82, 2.24) is 4.90 Å². The van der Waals surface area contributed by atoms with Gasteiger partial charge in [0.2, 0.25) is 0 Å². The predicted octanol–water partition coefficient (Wildman–Crippen LogP) is 4.31. The highest BCUT2D eigenvalue weighted by Crippen LogP contribution is 2.48. The Morgan fingerprint density at radius 1 is 0.960 bits per heavy atom. The molecule has 0 unspecified atom stereocenters. The van der Waals surface area contributed by atoms with E-state index >= 15 is 0 Å². The molecule has 1 atom stereocenters. The van der Waals surface area contributed by atoms with Gasteiger partial charge in [0.1, 0.15) is 0 Å². The van der Waals surface area contributed by atoms with Crippen LogP contribution in [0.4, 0.5) is 0 Å². The Hall–Kier alpha value is -2.18. The van der Waals surface area contributed by atoms with Crippen molar-refractivity contribution in [3.63, 3.8) is 0 Å². The van der Waals surface area contributed by atoms with E-state index < -0.39 is 7.92 Å². The molecule has 0 aliphatic heterocycles. The molecule has 0 spiro atoms. The molecule has 0 radical (unpaired) electrons. The summed E-state index contributed by atoms with van der Waals surface area (Å²) in [5.41, 5.74) is 1.44. The number of aliphatic imine (C=N–C) groups is 1. The van der Waals surface area contributed by atoms with Crippen LogP contribution in [0.3, 0.4) is 0 Å². The largest absolute Gasteiger partial charge is 0.369 e. The Morgan fingerprint density at radius 2 is 1.52 bits per heavy atom. The van der Waals surface area contributed by atoms with Gasteiger partial charge in [0.25, 0.3) is 0 Å². The Labute approximate surface area is 152 Å². The van der Waals surface area contributed by atoms with Crippen LogP contribution in [-0.4, -0.2) is 31.4 Å². The van der Waals surface area contributed by atoms with Gasteiger partial charge in [-0.05, 0) is 42.8 Å². The van der Waals surface area contributed by atoms with Gasteiger partial charge in [-0.1, -0.05) is 72.8 Å². The second kappa shape index (κ2) is 8.27. The van der Waals surface area contributed by atoms with Gasteiger partial charge in [0.05, 0.1) is 12.4 Å². The van der Waals surface area contributed by atoms with E-state index in [0.717, 1.165) is 6.42 Å². The van der Waals surface area contributed by atoms with Crippen LogP contribution < -0.4 is 10.6 Å². The standard InChI is InChI=1S/C22H25N2P/c1-18(23-17-24(2)3)21-15-10-16-22(21)25(19-11-6-4-7-12-19)20-13-8-5-9-14-20/h4-14,16-18H,15H2,1-3H3/t18-/m0/s1. The lowest BCUT2D eigenvalue weighted by molar-refractivity contribution is 0.633. The highest BCUT2D eigenvalue weighted by atomic mass is 31.1. The van der Waals surface area contributed by atoms with E-state index in [0.29, 0.717) is 0 Å². The van der Waals surface area contributed by atoms with Crippen LogP contribution in [0, 0.1) is 0 Å². The summed E-state index contributed by atoms with van der Waals surface area (Å²) in [6, 6.07) is 21.9. The van der Waals surface area contributed by atoms with E-state index in [9.17, 15) is 0 Å². The lowest BCUT2D eigenvalue weighted by atomic mass is 10.1. The molecule has 1 aliphatic rings. The molecule has 2 aromatic rings. The van der Waals surface area contributed by atoms with Crippen molar-refractivity contribution < 1.29 is 0 Å². The molecule has 0 aromatic heterocycles. The van der Waals surface area contributed by atoms with Crippen LogP contribution in [0.15, 0.2) is 88.7 Å². The Morgan fingerprint density at radius 3 is 2.04 bits per heavy atom. The SMILES string of the molecule is C[C@H](N=CN(C)C)C1=C(P(c2ccccc2)c2ccccc2)C=CC1. The van der Waals surface area contributed by atoms with Crippen LogP contribution in [0.5, 0.6) is 0 Å². The second-order valence-electron chi connectivity index (χ2n) is 6.43. The first-order chi connectivity index (χ1) is 12.2. The summed E-state index contributed by atoms with van der Waals surface area (Å²) < 4.78 is 0. The smallest absolute Gasteiger partial charge is 0.0851 e. The predicted molar refractivity (Wildman–Crippen MR) is 111 cm³/mol. The first kappa shape index (κ1) is 17.6. The molecule has 0 amide bonds. The van der Waals surface area contributed by atoms with Gasteiger partial charge in [-0.2, -0.15) is 0 Å². The maximum Gasteiger partial charge on any atom is 0.0851 e. The fourth-order valence-electron chi connectivity index (χ4n) is 3.02. The maximum absolute atomic E-state index is 4.74. The molecule has 3 heteroatoms. The molecule has 0 fully saturated rings. The van der Waals surface area contributed by atoms with Crippen LogP contribution in [0.2, 0.25) is 0 Å². The highest BCUT2D eigenvalue weighted by molar-refractivity contribution is 7.77. The first-order valence-electron chi connectivity index (χ1n) is 8.66. The minimum absolute atomic E-state index is 0.199. The van der Waals surface area contributed by atoms with Crippen molar-refractivity contribution in [1.29, 1.82) is 0 Å². The van der Waals surface area contributed by atoms with E-state index in [1.807, 2.05) is 25.3 Å². The van der Waals surface area contributed by atoms with Gasteiger partial charge in [-0.15, -0.1) is 0 Å². The number of nitrogens with zero attached hydrogens (tertiary/aromatic N) is 2. The quantitative estimate of drug-likeness (QED) is 0.431. The zero-order chi connectivity index (χ0) is 17.6. The van der Waals surface area contributed by atoms with Crippen molar-refractivity contribution in [2.45, 2.75) is 19.4 Å². The van der Waals surface area contributed by atoms with Crippen molar-refractivity contribution in [2.24, 2.45) is 4.99 Å². The topological polar surface area (TPSA) is 15.6 Å². The minimum Gasteiger partial charge on any atom is -0.369 e. The Balaban J connectivity index is 2.05. The summed E-state index contributed by atoms with van der Waals surface area (Å²) in [7, 11) is 3.48. The second-order valence-corrected chi connectivity index (χ2v) is 8.61. The zero-order valence-corrected chi connectivity index (χ0v) is 16.0. The summed E-state index contributed by atoms with van der Waals surface area (Å²) in [6.07, 6.45) is 7.52. The van der Waals surface area contributed by atoms with Crippen molar-refractivity contribution >= 4 is 24.9 Å². The average Bonchev–Trinajstić information content (AvgIpc) is 3.11. The average molecular weight is 348 g/mol. The van der Waals surface area contributed by atoms with Crippen LogP contribution >= 0.6 is 7.92 Å². The number of benzene rings is 2. The molecule has 0 saturated carbocycles. The summed E-state index contributed by atoms with van der Waals surface area (Å²) >= 11 is 0. The molecule has 128 valence electrons. The number of allylic oxidation sites excluding steroid dienone is 3. The van der Waals surface area contributed by atoms with Crippen molar-refractivity contribution in [2.75, 3.05) is 14.1 Å². The molecular weight excluding hydrogens is 323 g/mol. The maximum atomic E-state index is 4.74. The van der Waals surface area contributed by atoms with Gasteiger partial charge in [0, 0.05) is 14.1 Å². The zero-order valence-electron chi connectivity index (χ0n) is 15.1. The normalized spacial score (nSPS) is 15.4. The molecule has 2 nitrogen and oxygen atoms in total. The van der Waals surface area contributed by atoms with E-state index in [1.54, 1.807) is 0 Å². The van der Waals surface area contributed by atoms with Gasteiger partial charge in [-0.3, -0.25) is 4.99 Å². The molecule has 25 heavy (non-hydrogen) atoms. The molecule has 2 aromatic carbocycles. The summed E-state index contributed by atoms with van der Waals surface area (Å²) in [4.78, 5) is 6.74. The summed E-state index contributed by atoms with van der Waals surface area (Å²) in [6.45, 7) is 2.20. The van der Waals surface area contributed by atoms with Gasteiger partial charge in [-0.25, -0.2) is 0 Å². The van der Waals surface area contributed by atoms with Crippen LogP contribution in [-0.2, 0) is 0 Å². The van der Waals surface area contributed by atoms with Crippen molar-refractivity contribution in [3.8, 4) is 0 Å². The first-order valence-corrected chi connectivity index (χ1v) is 10.0. The molecule has 0 N–H and O–H groups in total. The van der Waals surface area contributed by atoms with Gasteiger partial charge >= 0.3 is 0 Å². The van der Waals surface area contributed by atoms with Crippen molar-refractivity contribution in [3.05, 3.63) is 83.7 Å². The molecule has 0 bridgehead atoms. The monoisotopic (exact) mass is 348 g/mol. The number of rotatable bonds is 6. The molecule has 1 aliphatic carbocycles. The van der Waals surface area contributed by atoms with E-state index in [4.69, 9.17) is 4.99 Å². The highest BCUT2D eigenvalue weighted by Gasteiger charge is 2.24. The molecule has 0 heterocycles. The van der Waals surface area contributed by atoms with E-state index in [1.165, 1.54) is 21.5 Å². The molecule has 0 saturated heterocycles. The third kappa shape index (κ3) is 4.27. The minimum atomic E-state index is -0.544. The summed E-state index contributed by atoms with van der Waals surface area (Å²) in [5.74, 6) is 0. The fraction of sp³-hybridized carbons (Fsp3) is 0.227. The van der Waals surface area contributed by atoms with Crippen LogP contribution in [0.25, 0.3) is 0 Å². The molecular formula is C22H25N2P. The number of hydrogen-bond donors (Lipinski definition) is 0. The van der Waals surface area contributed by atoms with E-state index in [2.05, 4.69) is 79.7 Å². The number of hydrogen-bond acceptors (Lipinski definition) is 1. The third-order valence-electron chi connectivity index (χ3n) is 4.24. The Kier molecular flexibility index (Phi) is 5.83. The third-order valence-corrected chi connectivity index (χ3v) is 6.78. The van der Waals surface area contributed by atoms with Gasteiger partial charge < -0.3 is 4.90 Å². The molecule has 3 rings (SSSR count). The van der Waals surface area contributed by atoms with Gasteiger partial charge in [0.15, 0.2) is 0 Å². The Bertz CT molecular complexity index is 737. The van der Waals surface area contributed by atoms with Crippen LogP contribution in [0.1, 0.15) is 13.3 Å². The lowest BCUT2D eigenvalue weighted by Gasteiger charge is -2.23. The van der Waals surface area contributed by atoms with E-state index in [-0.39, 0.29) is 6.04 Å².